The summed E-state index contributed by atoms with van der Waals surface area (Å²) < 4.78 is 5.33. The van der Waals surface area contributed by atoms with Gasteiger partial charge in [0.1, 0.15) is 0 Å². The van der Waals surface area contributed by atoms with Crippen LogP contribution in [0.5, 0.6) is 0 Å². The fraction of sp³-hybridized carbons (Fsp3) is 0.294. The number of hydrogen-bond donors (Lipinski definition) is 2. The molecule has 1 aromatic carbocycles. The number of nitrogens with zero attached hydrogens (tertiary/aromatic N) is 2. The third-order valence-electron chi connectivity index (χ3n) is 4.45. The molecule has 1 aliphatic carbocycles. The van der Waals surface area contributed by atoms with Gasteiger partial charge in [-0.25, -0.2) is 0 Å². The lowest BCUT2D eigenvalue weighted by molar-refractivity contribution is 0.154. The second-order valence-corrected chi connectivity index (χ2v) is 6.55. The van der Waals surface area contributed by atoms with Crippen molar-refractivity contribution >= 4 is 11.3 Å². The number of hydrogen-bond acceptors (Lipinski definition) is 6. The molecular weight excluding hydrogens is 310 g/mol. The Morgan fingerprint density at radius 1 is 1.30 bits per heavy atom. The number of aliphatic hydroxyl groups is 1. The molecule has 1 unspecified atom stereocenters. The Labute approximate surface area is 138 Å². The summed E-state index contributed by atoms with van der Waals surface area (Å²) in [5.41, 5.74) is 3.00. The summed E-state index contributed by atoms with van der Waals surface area (Å²) in [6.45, 7) is 0.488. The van der Waals surface area contributed by atoms with E-state index in [9.17, 15) is 5.11 Å². The molecule has 0 radical (unpaired) electrons. The molecule has 0 fully saturated rings. The first-order valence-corrected chi connectivity index (χ1v) is 8.54. The van der Waals surface area contributed by atoms with Crippen molar-refractivity contribution in [1.29, 1.82) is 0 Å². The average molecular weight is 327 g/mol. The molecule has 1 atom stereocenters. The summed E-state index contributed by atoms with van der Waals surface area (Å²) in [7, 11) is 0. The molecule has 2 aromatic heterocycles. The number of rotatable bonds is 5. The smallest absolute Gasteiger partial charge is 0.240 e. The zero-order chi connectivity index (χ0) is 15.7. The van der Waals surface area contributed by atoms with E-state index in [4.69, 9.17) is 4.52 Å². The monoisotopic (exact) mass is 327 g/mol. The van der Waals surface area contributed by atoms with Crippen LogP contribution in [0, 0.1) is 0 Å². The van der Waals surface area contributed by atoms with Crippen LogP contribution in [0.25, 0.3) is 11.4 Å². The SMILES string of the molecule is OCC1(NCc2nc(-c3ccsc3)no2)CCc2ccccc21. The molecule has 5 nitrogen and oxygen atoms in total. The highest BCUT2D eigenvalue weighted by Crippen LogP contribution is 2.36. The highest BCUT2D eigenvalue weighted by Gasteiger charge is 2.37. The van der Waals surface area contributed by atoms with E-state index >= 15 is 0 Å². The molecule has 3 aromatic rings. The molecule has 1 aliphatic rings. The third-order valence-corrected chi connectivity index (χ3v) is 5.13. The van der Waals surface area contributed by atoms with Gasteiger partial charge in [-0.15, -0.1) is 0 Å². The Kier molecular flexibility index (Phi) is 3.72. The van der Waals surface area contributed by atoms with E-state index in [1.54, 1.807) is 11.3 Å². The van der Waals surface area contributed by atoms with Crippen molar-refractivity contribution in [3.05, 3.63) is 58.1 Å². The van der Waals surface area contributed by atoms with Crippen molar-refractivity contribution in [3.63, 3.8) is 0 Å². The van der Waals surface area contributed by atoms with Gasteiger partial charge in [0.25, 0.3) is 0 Å². The highest BCUT2D eigenvalue weighted by molar-refractivity contribution is 7.08. The van der Waals surface area contributed by atoms with Gasteiger partial charge in [0, 0.05) is 10.9 Å². The molecule has 4 rings (SSSR count). The van der Waals surface area contributed by atoms with E-state index in [-0.39, 0.29) is 6.61 Å². The molecule has 0 amide bonds. The van der Waals surface area contributed by atoms with Crippen LogP contribution in [0.15, 0.2) is 45.6 Å². The molecule has 0 saturated heterocycles. The Hall–Kier alpha value is -2.02. The minimum atomic E-state index is -0.423. The standard InChI is InChI=1S/C17H17N3O2S/c21-11-17(7-5-12-3-1-2-4-14(12)17)18-9-15-19-16(20-22-15)13-6-8-23-10-13/h1-4,6,8,10,18,21H,5,7,9,11H2. The highest BCUT2D eigenvalue weighted by atomic mass is 32.1. The van der Waals surface area contributed by atoms with Gasteiger partial charge in [0.15, 0.2) is 0 Å². The first-order chi connectivity index (χ1) is 11.3. The topological polar surface area (TPSA) is 71.2 Å². The number of benzene rings is 1. The molecule has 0 bridgehead atoms. The van der Waals surface area contributed by atoms with Crippen LogP contribution in [0.2, 0.25) is 0 Å². The molecular formula is C17H17N3O2S. The first kappa shape index (κ1) is 14.6. The minimum Gasteiger partial charge on any atom is -0.394 e. The van der Waals surface area contributed by atoms with Crippen molar-refractivity contribution in [2.45, 2.75) is 24.9 Å². The predicted molar refractivity (Wildman–Crippen MR) is 88.0 cm³/mol. The Bertz CT molecular complexity index is 800. The van der Waals surface area contributed by atoms with Gasteiger partial charge >= 0.3 is 0 Å². The summed E-state index contributed by atoms with van der Waals surface area (Å²) in [5.74, 6) is 1.14. The van der Waals surface area contributed by atoms with Crippen molar-refractivity contribution in [3.8, 4) is 11.4 Å². The molecule has 2 N–H and O–H groups in total. The van der Waals surface area contributed by atoms with Crippen LogP contribution >= 0.6 is 11.3 Å². The molecule has 0 saturated carbocycles. The second kappa shape index (κ2) is 5.88. The molecule has 6 heteroatoms. The van der Waals surface area contributed by atoms with E-state index in [0.717, 1.165) is 18.4 Å². The van der Waals surface area contributed by atoms with Crippen LogP contribution in [0.3, 0.4) is 0 Å². The predicted octanol–water partition coefficient (Wildman–Crippen LogP) is 2.72. The molecule has 0 spiro atoms. The summed E-state index contributed by atoms with van der Waals surface area (Å²) in [4.78, 5) is 4.42. The number of nitrogens with one attached hydrogen (secondary N) is 1. The summed E-state index contributed by atoms with van der Waals surface area (Å²) >= 11 is 1.60. The lowest BCUT2D eigenvalue weighted by Crippen LogP contribution is -2.43. The van der Waals surface area contributed by atoms with Crippen LogP contribution in [0.1, 0.15) is 23.4 Å². The molecule has 23 heavy (non-hydrogen) atoms. The van der Waals surface area contributed by atoms with E-state index in [2.05, 4.69) is 27.6 Å². The Balaban J connectivity index is 1.52. The number of fused-ring (bicyclic) bond motifs is 1. The Morgan fingerprint density at radius 3 is 3.04 bits per heavy atom. The molecule has 2 heterocycles. The molecule has 118 valence electrons. The van der Waals surface area contributed by atoms with Gasteiger partial charge in [-0.1, -0.05) is 29.4 Å². The summed E-state index contributed by atoms with van der Waals surface area (Å²) in [6, 6.07) is 10.2. The van der Waals surface area contributed by atoms with Crippen LogP contribution in [-0.4, -0.2) is 21.9 Å². The van der Waals surface area contributed by atoms with Gasteiger partial charge < -0.3 is 9.63 Å². The first-order valence-electron chi connectivity index (χ1n) is 7.60. The zero-order valence-corrected chi connectivity index (χ0v) is 13.3. The number of thiophene rings is 1. The number of aryl methyl sites for hydroxylation is 1. The molecule has 0 aliphatic heterocycles. The van der Waals surface area contributed by atoms with E-state index in [1.165, 1.54) is 11.1 Å². The van der Waals surface area contributed by atoms with Crippen molar-refractivity contribution in [2.24, 2.45) is 0 Å². The van der Waals surface area contributed by atoms with Crippen LogP contribution in [0.4, 0.5) is 0 Å². The van der Waals surface area contributed by atoms with Gasteiger partial charge in [0.05, 0.1) is 18.7 Å². The fourth-order valence-electron chi connectivity index (χ4n) is 3.17. The second-order valence-electron chi connectivity index (χ2n) is 5.77. The van der Waals surface area contributed by atoms with E-state index in [1.807, 2.05) is 29.0 Å². The van der Waals surface area contributed by atoms with E-state index < -0.39 is 5.54 Å². The van der Waals surface area contributed by atoms with Crippen molar-refractivity contribution < 1.29 is 9.63 Å². The van der Waals surface area contributed by atoms with Crippen molar-refractivity contribution in [2.75, 3.05) is 6.61 Å². The summed E-state index contributed by atoms with van der Waals surface area (Å²) in [6.07, 6.45) is 1.84. The average Bonchev–Trinajstić information content (AvgIpc) is 3.32. The maximum atomic E-state index is 9.97. The maximum Gasteiger partial charge on any atom is 0.240 e. The number of aromatic nitrogens is 2. The third kappa shape index (κ3) is 2.59. The van der Waals surface area contributed by atoms with Crippen LogP contribution < -0.4 is 5.32 Å². The summed E-state index contributed by atoms with van der Waals surface area (Å²) in [5, 5.41) is 21.4. The minimum absolute atomic E-state index is 0.0511. The Morgan fingerprint density at radius 2 is 2.22 bits per heavy atom. The van der Waals surface area contributed by atoms with Gasteiger partial charge in [-0.2, -0.15) is 16.3 Å². The number of aliphatic hydroxyl groups excluding tert-OH is 1. The normalized spacial score (nSPS) is 19.9. The lowest BCUT2D eigenvalue weighted by atomic mass is 9.92. The fourth-order valence-corrected chi connectivity index (χ4v) is 3.81. The van der Waals surface area contributed by atoms with E-state index in [0.29, 0.717) is 18.3 Å². The van der Waals surface area contributed by atoms with Gasteiger partial charge in [-0.3, -0.25) is 5.32 Å². The quantitative estimate of drug-likeness (QED) is 0.754. The lowest BCUT2D eigenvalue weighted by Gasteiger charge is -2.29. The van der Waals surface area contributed by atoms with Crippen LogP contribution in [-0.2, 0) is 18.5 Å². The maximum absolute atomic E-state index is 9.97. The van der Waals surface area contributed by atoms with Gasteiger partial charge in [-0.05, 0) is 35.4 Å². The van der Waals surface area contributed by atoms with Gasteiger partial charge in [0.2, 0.25) is 11.7 Å². The van der Waals surface area contributed by atoms with Crippen molar-refractivity contribution in [1.82, 2.24) is 15.5 Å². The zero-order valence-electron chi connectivity index (χ0n) is 12.5. The largest absolute Gasteiger partial charge is 0.394 e.